The Morgan fingerprint density at radius 2 is 1.67 bits per heavy atom. The largest absolute Gasteiger partial charge is 0.490 e. The number of ether oxygens (including phenoxy) is 1. The van der Waals surface area contributed by atoms with Crippen LogP contribution in [0.2, 0.25) is 0 Å². The van der Waals surface area contributed by atoms with Gasteiger partial charge in [-0.05, 0) is 63.2 Å². The number of nitrogens with one attached hydrogen (secondary N) is 1. The molecule has 2 aromatic rings. The summed E-state index contributed by atoms with van der Waals surface area (Å²) < 4.78 is 6.02. The fourth-order valence-corrected chi connectivity index (χ4v) is 2.82. The van der Waals surface area contributed by atoms with Gasteiger partial charge >= 0.3 is 0 Å². The summed E-state index contributed by atoms with van der Waals surface area (Å²) >= 11 is 0. The molecule has 1 saturated heterocycles. The lowest BCUT2D eigenvalue weighted by atomic mass is 10.1. The van der Waals surface area contributed by atoms with Gasteiger partial charge in [-0.15, -0.1) is 0 Å². The second-order valence-electron chi connectivity index (χ2n) is 6.47. The topological polar surface area (TPSA) is 41.6 Å². The van der Waals surface area contributed by atoms with Crippen LogP contribution in [0.5, 0.6) is 5.75 Å². The molecule has 4 nitrogen and oxygen atoms in total. The van der Waals surface area contributed by atoms with Gasteiger partial charge in [-0.3, -0.25) is 4.79 Å². The maximum atomic E-state index is 12.2. The van der Waals surface area contributed by atoms with E-state index in [-0.39, 0.29) is 12.0 Å². The molecule has 1 aliphatic heterocycles. The molecule has 1 heterocycles. The summed E-state index contributed by atoms with van der Waals surface area (Å²) in [6, 6.07) is 15.2. The van der Waals surface area contributed by atoms with Gasteiger partial charge in [-0.1, -0.05) is 17.7 Å². The van der Waals surface area contributed by atoms with E-state index in [1.807, 2.05) is 55.5 Å². The summed E-state index contributed by atoms with van der Waals surface area (Å²) in [4.78, 5) is 14.5. The number of hydrogen-bond donors (Lipinski definition) is 1. The van der Waals surface area contributed by atoms with Gasteiger partial charge in [0.25, 0.3) is 5.91 Å². The van der Waals surface area contributed by atoms with E-state index in [9.17, 15) is 4.79 Å². The molecule has 4 heteroatoms. The number of anilines is 1. The zero-order valence-corrected chi connectivity index (χ0v) is 14.3. The number of amides is 1. The minimum absolute atomic E-state index is 0.0982. The third kappa shape index (κ3) is 4.36. The first kappa shape index (κ1) is 16.5. The Hall–Kier alpha value is -2.33. The summed E-state index contributed by atoms with van der Waals surface area (Å²) in [5.74, 6) is 0.761. The van der Waals surface area contributed by atoms with Gasteiger partial charge in [-0.25, -0.2) is 0 Å². The lowest BCUT2D eigenvalue weighted by Gasteiger charge is -2.29. The Kier molecular flexibility index (Phi) is 5.16. The molecule has 0 spiro atoms. The molecule has 0 radical (unpaired) electrons. The highest BCUT2D eigenvalue weighted by molar-refractivity contribution is 6.04. The van der Waals surface area contributed by atoms with Crippen LogP contribution in [0.25, 0.3) is 0 Å². The van der Waals surface area contributed by atoms with Crippen LogP contribution in [-0.2, 0) is 0 Å². The van der Waals surface area contributed by atoms with Crippen molar-refractivity contribution in [1.29, 1.82) is 0 Å². The summed E-state index contributed by atoms with van der Waals surface area (Å²) in [7, 11) is 2.14. The summed E-state index contributed by atoms with van der Waals surface area (Å²) in [6.45, 7) is 4.16. The fourth-order valence-electron chi connectivity index (χ4n) is 2.82. The third-order valence-corrected chi connectivity index (χ3v) is 4.39. The van der Waals surface area contributed by atoms with Crippen LogP contribution in [0.15, 0.2) is 48.5 Å². The molecule has 0 aromatic heterocycles. The highest BCUT2D eigenvalue weighted by Crippen LogP contribution is 2.21. The molecule has 0 aliphatic carbocycles. The first-order valence-electron chi connectivity index (χ1n) is 8.43. The molecule has 2 aromatic carbocycles. The maximum Gasteiger partial charge on any atom is 0.255 e. The Labute approximate surface area is 143 Å². The molecule has 0 bridgehead atoms. The van der Waals surface area contributed by atoms with E-state index in [2.05, 4.69) is 17.3 Å². The molecule has 0 unspecified atom stereocenters. The van der Waals surface area contributed by atoms with Crippen LogP contribution >= 0.6 is 0 Å². The smallest absolute Gasteiger partial charge is 0.255 e. The highest BCUT2D eigenvalue weighted by Gasteiger charge is 2.17. The molecular formula is C20H24N2O2. The van der Waals surface area contributed by atoms with Crippen molar-refractivity contribution in [3.8, 4) is 5.75 Å². The number of benzene rings is 2. The Bertz CT molecular complexity index is 672. The van der Waals surface area contributed by atoms with Gasteiger partial charge in [-0.2, -0.15) is 0 Å². The lowest BCUT2D eigenvalue weighted by molar-refractivity contribution is 0.102. The average molecular weight is 324 g/mol. The first-order valence-corrected chi connectivity index (χ1v) is 8.43. The Morgan fingerprint density at radius 3 is 2.29 bits per heavy atom. The SMILES string of the molecule is Cc1ccc(C(=O)Nc2ccc(OC3CCN(C)CC3)cc2)cc1. The van der Waals surface area contributed by atoms with Gasteiger partial charge in [0.05, 0.1) is 0 Å². The van der Waals surface area contributed by atoms with Crippen LogP contribution in [0, 0.1) is 6.92 Å². The van der Waals surface area contributed by atoms with Gasteiger partial charge < -0.3 is 15.0 Å². The number of piperidine rings is 1. The molecule has 1 aliphatic rings. The van der Waals surface area contributed by atoms with E-state index in [0.717, 1.165) is 42.9 Å². The van der Waals surface area contributed by atoms with Crippen LogP contribution in [0.4, 0.5) is 5.69 Å². The molecule has 24 heavy (non-hydrogen) atoms. The number of rotatable bonds is 4. The zero-order chi connectivity index (χ0) is 16.9. The number of aryl methyl sites for hydroxylation is 1. The van der Waals surface area contributed by atoms with Crippen molar-refractivity contribution < 1.29 is 9.53 Å². The van der Waals surface area contributed by atoms with Crippen LogP contribution in [0.3, 0.4) is 0 Å². The Balaban J connectivity index is 1.56. The van der Waals surface area contributed by atoms with E-state index in [0.29, 0.717) is 5.56 Å². The third-order valence-electron chi connectivity index (χ3n) is 4.39. The molecule has 1 amide bonds. The van der Waals surface area contributed by atoms with Crippen molar-refractivity contribution in [3.63, 3.8) is 0 Å². The standard InChI is InChI=1S/C20H24N2O2/c1-15-3-5-16(6-4-15)20(23)21-17-7-9-18(10-8-17)24-19-11-13-22(2)14-12-19/h3-10,19H,11-14H2,1-2H3,(H,21,23). The second-order valence-corrected chi connectivity index (χ2v) is 6.47. The number of carbonyl (C=O) groups excluding carboxylic acids is 1. The van der Waals surface area contributed by atoms with Gasteiger partial charge in [0.2, 0.25) is 0 Å². The van der Waals surface area contributed by atoms with Crippen molar-refractivity contribution in [3.05, 3.63) is 59.7 Å². The highest BCUT2D eigenvalue weighted by atomic mass is 16.5. The van der Waals surface area contributed by atoms with Gasteiger partial charge in [0, 0.05) is 24.3 Å². The van der Waals surface area contributed by atoms with Crippen LogP contribution < -0.4 is 10.1 Å². The number of likely N-dealkylation sites (tertiary alicyclic amines) is 1. The minimum Gasteiger partial charge on any atom is -0.490 e. The average Bonchev–Trinajstić information content (AvgIpc) is 2.59. The summed E-state index contributed by atoms with van der Waals surface area (Å²) in [6.07, 6.45) is 2.40. The molecule has 126 valence electrons. The van der Waals surface area contributed by atoms with Crippen molar-refractivity contribution in [1.82, 2.24) is 4.90 Å². The molecule has 0 saturated carbocycles. The van der Waals surface area contributed by atoms with E-state index < -0.39 is 0 Å². The fraction of sp³-hybridized carbons (Fsp3) is 0.350. The van der Waals surface area contributed by atoms with E-state index >= 15 is 0 Å². The number of nitrogens with zero attached hydrogens (tertiary/aromatic N) is 1. The van der Waals surface area contributed by atoms with Gasteiger partial charge in [0.15, 0.2) is 0 Å². The Morgan fingerprint density at radius 1 is 1.04 bits per heavy atom. The predicted octanol–water partition coefficient (Wildman–Crippen LogP) is 3.72. The predicted molar refractivity (Wildman–Crippen MR) is 96.7 cm³/mol. The molecular weight excluding hydrogens is 300 g/mol. The first-order chi connectivity index (χ1) is 11.6. The van der Waals surface area contributed by atoms with Crippen LogP contribution in [-0.4, -0.2) is 37.0 Å². The van der Waals surface area contributed by atoms with E-state index in [4.69, 9.17) is 4.74 Å². The lowest BCUT2D eigenvalue weighted by Crippen LogP contribution is -2.35. The normalized spacial score (nSPS) is 15.9. The van der Waals surface area contributed by atoms with Crippen molar-refractivity contribution in [2.75, 3.05) is 25.5 Å². The molecule has 1 N–H and O–H groups in total. The van der Waals surface area contributed by atoms with Crippen molar-refractivity contribution in [2.45, 2.75) is 25.9 Å². The van der Waals surface area contributed by atoms with E-state index in [1.54, 1.807) is 0 Å². The molecule has 3 rings (SSSR count). The maximum absolute atomic E-state index is 12.2. The number of carbonyl (C=O) groups is 1. The summed E-state index contributed by atoms with van der Waals surface area (Å²) in [5, 5.41) is 2.91. The van der Waals surface area contributed by atoms with Crippen molar-refractivity contribution >= 4 is 11.6 Å². The summed E-state index contributed by atoms with van der Waals surface area (Å²) in [5.41, 5.74) is 2.57. The molecule has 1 fully saturated rings. The van der Waals surface area contributed by atoms with E-state index in [1.165, 1.54) is 0 Å². The second kappa shape index (κ2) is 7.49. The number of hydrogen-bond acceptors (Lipinski definition) is 3. The quantitative estimate of drug-likeness (QED) is 0.932. The van der Waals surface area contributed by atoms with Crippen molar-refractivity contribution in [2.24, 2.45) is 0 Å². The molecule has 0 atom stereocenters. The zero-order valence-electron chi connectivity index (χ0n) is 14.3. The van der Waals surface area contributed by atoms with Crippen LogP contribution in [0.1, 0.15) is 28.8 Å². The minimum atomic E-state index is -0.0982. The van der Waals surface area contributed by atoms with Gasteiger partial charge in [0.1, 0.15) is 11.9 Å². The monoisotopic (exact) mass is 324 g/mol.